The molecule has 0 N–H and O–H groups in total. The molecule has 5 nitrogen and oxygen atoms in total. The van der Waals surface area contributed by atoms with Crippen molar-refractivity contribution in [3.05, 3.63) is 39.4 Å². The zero-order valence-corrected chi connectivity index (χ0v) is 11.8. The van der Waals surface area contributed by atoms with Gasteiger partial charge in [0.2, 0.25) is 0 Å². The standard InChI is InChI=1S/C14H21N3O2/c1-11-9-15(3)7-8-16(11)10-13-5-4-6-14(12(13)2)17(18)19/h4-6,11H,7-10H2,1-3H3/t11-/m0/s1. The molecule has 0 saturated carbocycles. The zero-order chi connectivity index (χ0) is 14.0. The van der Waals surface area contributed by atoms with Gasteiger partial charge in [-0.15, -0.1) is 0 Å². The van der Waals surface area contributed by atoms with Crippen molar-refractivity contribution in [3.8, 4) is 0 Å². The number of rotatable bonds is 3. The molecule has 0 unspecified atom stereocenters. The number of hydrogen-bond acceptors (Lipinski definition) is 4. The fourth-order valence-corrected chi connectivity index (χ4v) is 2.67. The third-order valence-electron chi connectivity index (χ3n) is 3.96. The van der Waals surface area contributed by atoms with Crippen LogP contribution in [0.15, 0.2) is 18.2 Å². The molecule has 2 rings (SSSR count). The van der Waals surface area contributed by atoms with Gasteiger partial charge in [-0.25, -0.2) is 0 Å². The van der Waals surface area contributed by atoms with Crippen LogP contribution in [0.25, 0.3) is 0 Å². The number of likely N-dealkylation sites (N-methyl/N-ethyl adjacent to an activating group) is 1. The van der Waals surface area contributed by atoms with Crippen molar-refractivity contribution >= 4 is 5.69 Å². The Kier molecular flexibility index (Phi) is 4.17. The lowest BCUT2D eigenvalue weighted by atomic mass is 10.0. The average molecular weight is 263 g/mol. The summed E-state index contributed by atoms with van der Waals surface area (Å²) in [6.07, 6.45) is 0. The summed E-state index contributed by atoms with van der Waals surface area (Å²) in [5.41, 5.74) is 2.07. The molecule has 19 heavy (non-hydrogen) atoms. The monoisotopic (exact) mass is 263 g/mol. The van der Waals surface area contributed by atoms with Crippen LogP contribution >= 0.6 is 0 Å². The van der Waals surface area contributed by atoms with E-state index in [2.05, 4.69) is 23.8 Å². The molecule has 0 amide bonds. The third-order valence-corrected chi connectivity index (χ3v) is 3.96. The Hall–Kier alpha value is -1.46. The van der Waals surface area contributed by atoms with Crippen LogP contribution in [0.1, 0.15) is 18.1 Å². The molecule has 1 aromatic rings. The summed E-state index contributed by atoms with van der Waals surface area (Å²) in [6, 6.07) is 5.83. The Balaban J connectivity index is 2.15. The second-order valence-corrected chi connectivity index (χ2v) is 5.40. The number of nitro groups is 1. The summed E-state index contributed by atoms with van der Waals surface area (Å²) >= 11 is 0. The number of nitrogens with zero attached hydrogens (tertiary/aromatic N) is 3. The van der Waals surface area contributed by atoms with Gasteiger partial charge in [0.05, 0.1) is 4.92 Å². The molecule has 104 valence electrons. The fourth-order valence-electron chi connectivity index (χ4n) is 2.67. The minimum Gasteiger partial charge on any atom is -0.304 e. The highest BCUT2D eigenvalue weighted by molar-refractivity contribution is 5.44. The Labute approximate surface area is 114 Å². The van der Waals surface area contributed by atoms with Crippen molar-refractivity contribution in [2.75, 3.05) is 26.7 Å². The van der Waals surface area contributed by atoms with Gasteiger partial charge in [-0.05, 0) is 26.5 Å². The lowest BCUT2D eigenvalue weighted by molar-refractivity contribution is -0.385. The number of benzene rings is 1. The minimum atomic E-state index is -0.299. The predicted molar refractivity (Wildman–Crippen MR) is 75.2 cm³/mol. The van der Waals surface area contributed by atoms with Crippen molar-refractivity contribution in [2.24, 2.45) is 0 Å². The second-order valence-electron chi connectivity index (χ2n) is 5.40. The van der Waals surface area contributed by atoms with Gasteiger partial charge in [0.25, 0.3) is 5.69 Å². The van der Waals surface area contributed by atoms with E-state index in [0.717, 1.165) is 37.3 Å². The van der Waals surface area contributed by atoms with Crippen LogP contribution in [0.3, 0.4) is 0 Å². The number of hydrogen-bond donors (Lipinski definition) is 0. The van der Waals surface area contributed by atoms with Crippen molar-refractivity contribution in [1.29, 1.82) is 0 Å². The molecule has 0 radical (unpaired) electrons. The van der Waals surface area contributed by atoms with E-state index < -0.39 is 0 Å². The topological polar surface area (TPSA) is 49.6 Å². The molecule has 0 aromatic heterocycles. The van der Waals surface area contributed by atoms with E-state index in [4.69, 9.17) is 0 Å². The highest BCUT2D eigenvalue weighted by atomic mass is 16.6. The molecule has 1 aliphatic heterocycles. The van der Waals surface area contributed by atoms with E-state index in [-0.39, 0.29) is 10.6 Å². The van der Waals surface area contributed by atoms with Crippen LogP contribution < -0.4 is 0 Å². The lowest BCUT2D eigenvalue weighted by Crippen LogP contribution is -2.49. The first kappa shape index (κ1) is 14.0. The predicted octanol–water partition coefficient (Wildman–Crippen LogP) is 2.04. The molecule has 1 heterocycles. The van der Waals surface area contributed by atoms with E-state index in [0.29, 0.717) is 6.04 Å². The number of piperazine rings is 1. The summed E-state index contributed by atoms with van der Waals surface area (Å²) < 4.78 is 0. The molecule has 1 atom stereocenters. The van der Waals surface area contributed by atoms with Crippen molar-refractivity contribution in [1.82, 2.24) is 9.80 Å². The van der Waals surface area contributed by atoms with E-state index in [9.17, 15) is 10.1 Å². The van der Waals surface area contributed by atoms with Crippen LogP contribution in [-0.4, -0.2) is 47.4 Å². The SMILES string of the molecule is Cc1c(CN2CCN(C)C[C@@H]2C)cccc1[N+](=O)[O-]. The molecule has 0 bridgehead atoms. The van der Waals surface area contributed by atoms with Gasteiger partial charge in [0, 0.05) is 43.9 Å². The summed E-state index contributed by atoms with van der Waals surface area (Å²) in [6.45, 7) is 7.96. The molecular weight excluding hydrogens is 242 g/mol. The van der Waals surface area contributed by atoms with Crippen LogP contribution in [0.5, 0.6) is 0 Å². The largest absolute Gasteiger partial charge is 0.304 e. The first-order valence-electron chi connectivity index (χ1n) is 6.64. The maximum absolute atomic E-state index is 11.0. The van der Waals surface area contributed by atoms with Crippen LogP contribution in [0.4, 0.5) is 5.69 Å². The summed E-state index contributed by atoms with van der Waals surface area (Å²) in [5.74, 6) is 0. The molecule has 1 aromatic carbocycles. The average Bonchev–Trinajstić information content (AvgIpc) is 2.34. The Morgan fingerprint density at radius 2 is 2.16 bits per heavy atom. The van der Waals surface area contributed by atoms with Gasteiger partial charge in [0.15, 0.2) is 0 Å². The Morgan fingerprint density at radius 3 is 2.79 bits per heavy atom. The van der Waals surface area contributed by atoms with E-state index in [1.165, 1.54) is 0 Å². The Morgan fingerprint density at radius 1 is 1.42 bits per heavy atom. The second kappa shape index (κ2) is 5.67. The van der Waals surface area contributed by atoms with E-state index in [1.54, 1.807) is 12.1 Å². The van der Waals surface area contributed by atoms with Crippen molar-refractivity contribution in [2.45, 2.75) is 26.4 Å². The first-order valence-corrected chi connectivity index (χ1v) is 6.64. The molecule has 5 heteroatoms. The maximum Gasteiger partial charge on any atom is 0.272 e. The van der Waals surface area contributed by atoms with Crippen molar-refractivity contribution < 1.29 is 4.92 Å². The third kappa shape index (κ3) is 3.11. The van der Waals surface area contributed by atoms with Crippen molar-refractivity contribution in [3.63, 3.8) is 0 Å². The van der Waals surface area contributed by atoms with Crippen LogP contribution in [-0.2, 0) is 6.54 Å². The quantitative estimate of drug-likeness (QED) is 0.618. The number of nitro benzene ring substituents is 1. The van der Waals surface area contributed by atoms with Crippen LogP contribution in [0, 0.1) is 17.0 Å². The highest BCUT2D eigenvalue weighted by Crippen LogP contribution is 2.23. The van der Waals surface area contributed by atoms with Gasteiger partial charge in [0.1, 0.15) is 0 Å². The molecule has 1 aliphatic rings. The lowest BCUT2D eigenvalue weighted by Gasteiger charge is -2.38. The molecule has 1 saturated heterocycles. The van der Waals surface area contributed by atoms with Gasteiger partial charge < -0.3 is 4.90 Å². The minimum absolute atomic E-state index is 0.222. The molecule has 0 spiro atoms. The fraction of sp³-hybridized carbons (Fsp3) is 0.571. The molecule has 0 aliphatic carbocycles. The highest BCUT2D eigenvalue weighted by Gasteiger charge is 2.23. The van der Waals surface area contributed by atoms with Gasteiger partial charge in [-0.1, -0.05) is 12.1 Å². The summed E-state index contributed by atoms with van der Waals surface area (Å²) in [4.78, 5) is 15.4. The van der Waals surface area contributed by atoms with Gasteiger partial charge in [-0.3, -0.25) is 15.0 Å². The summed E-state index contributed by atoms with van der Waals surface area (Å²) in [7, 11) is 2.13. The Bertz CT molecular complexity index is 476. The van der Waals surface area contributed by atoms with Gasteiger partial charge >= 0.3 is 0 Å². The van der Waals surface area contributed by atoms with E-state index >= 15 is 0 Å². The summed E-state index contributed by atoms with van der Waals surface area (Å²) in [5, 5.41) is 11.0. The molecule has 1 fully saturated rings. The maximum atomic E-state index is 11.0. The normalized spacial score (nSPS) is 21.5. The smallest absolute Gasteiger partial charge is 0.272 e. The molecular formula is C14H21N3O2. The van der Waals surface area contributed by atoms with E-state index in [1.807, 2.05) is 13.0 Å². The van der Waals surface area contributed by atoms with Crippen LogP contribution in [0.2, 0.25) is 0 Å². The first-order chi connectivity index (χ1) is 8.99. The van der Waals surface area contributed by atoms with Gasteiger partial charge in [-0.2, -0.15) is 0 Å². The zero-order valence-electron chi connectivity index (χ0n) is 11.8.